The zero-order valence-corrected chi connectivity index (χ0v) is 15.4. The topological polar surface area (TPSA) is 93.4 Å². The van der Waals surface area contributed by atoms with Crippen LogP contribution >= 0.6 is 0 Å². The average molecular weight is 376 g/mol. The van der Waals surface area contributed by atoms with Crippen molar-refractivity contribution in [2.24, 2.45) is 0 Å². The highest BCUT2D eigenvalue weighted by Crippen LogP contribution is 2.38. The van der Waals surface area contributed by atoms with Crippen molar-refractivity contribution in [1.82, 2.24) is 0 Å². The van der Waals surface area contributed by atoms with Crippen molar-refractivity contribution in [1.29, 1.82) is 0 Å². The molecule has 1 aromatic carbocycles. The van der Waals surface area contributed by atoms with Crippen molar-refractivity contribution in [2.45, 2.75) is 6.61 Å². The molecule has 0 aliphatic rings. The molecule has 1 heterocycles. The first kappa shape index (κ1) is 19.9. The standard InChI is InChI=1S/C19H20O8/c1-22-14-9-12(10-15(23-2)18(14)24-3)5-6-17(20)27-11-16-13(7-8-26-16)19(21)25-4/h5-10H,11H2,1-4H3/b6-5+. The summed E-state index contributed by atoms with van der Waals surface area (Å²) < 4.78 is 30.6. The molecule has 0 saturated heterocycles. The normalized spacial score (nSPS) is 10.5. The van der Waals surface area contributed by atoms with Crippen molar-refractivity contribution in [2.75, 3.05) is 28.4 Å². The molecule has 8 nitrogen and oxygen atoms in total. The van der Waals surface area contributed by atoms with E-state index < -0.39 is 11.9 Å². The molecule has 0 saturated carbocycles. The van der Waals surface area contributed by atoms with Gasteiger partial charge in [-0.2, -0.15) is 0 Å². The summed E-state index contributed by atoms with van der Waals surface area (Å²) in [7, 11) is 5.76. The van der Waals surface area contributed by atoms with Gasteiger partial charge >= 0.3 is 11.9 Å². The van der Waals surface area contributed by atoms with E-state index in [1.54, 1.807) is 12.1 Å². The van der Waals surface area contributed by atoms with Crippen LogP contribution in [-0.2, 0) is 20.9 Å². The number of hydrogen-bond donors (Lipinski definition) is 0. The zero-order chi connectivity index (χ0) is 19.8. The molecule has 1 aromatic heterocycles. The van der Waals surface area contributed by atoms with Gasteiger partial charge in [0, 0.05) is 6.08 Å². The number of rotatable bonds is 8. The molecule has 144 valence electrons. The lowest BCUT2D eigenvalue weighted by molar-refractivity contribution is -0.139. The monoisotopic (exact) mass is 376 g/mol. The summed E-state index contributed by atoms with van der Waals surface area (Å²) in [6.45, 7) is -0.199. The number of benzene rings is 1. The summed E-state index contributed by atoms with van der Waals surface area (Å²) in [5.74, 6) is 0.398. The fourth-order valence-corrected chi connectivity index (χ4v) is 2.29. The molecule has 27 heavy (non-hydrogen) atoms. The lowest BCUT2D eigenvalue weighted by Gasteiger charge is -2.12. The highest BCUT2D eigenvalue weighted by atomic mass is 16.5. The van der Waals surface area contributed by atoms with E-state index in [9.17, 15) is 9.59 Å². The summed E-state index contributed by atoms with van der Waals surface area (Å²) in [4.78, 5) is 23.5. The van der Waals surface area contributed by atoms with Gasteiger partial charge in [0.2, 0.25) is 5.75 Å². The maximum Gasteiger partial charge on any atom is 0.341 e. The molecule has 2 rings (SSSR count). The first-order chi connectivity index (χ1) is 13.0. The van der Waals surface area contributed by atoms with Gasteiger partial charge in [0.1, 0.15) is 5.56 Å². The van der Waals surface area contributed by atoms with Gasteiger partial charge < -0.3 is 28.1 Å². The fourth-order valence-electron chi connectivity index (χ4n) is 2.29. The summed E-state index contributed by atoms with van der Waals surface area (Å²) in [5, 5.41) is 0. The molecule has 0 radical (unpaired) electrons. The molecular weight excluding hydrogens is 356 g/mol. The van der Waals surface area contributed by atoms with Crippen LogP contribution in [0.4, 0.5) is 0 Å². The number of carbonyl (C=O) groups is 2. The van der Waals surface area contributed by atoms with Crippen LogP contribution < -0.4 is 14.2 Å². The average Bonchev–Trinajstić information content (AvgIpc) is 3.17. The smallest absolute Gasteiger partial charge is 0.341 e. The second-order valence-electron chi connectivity index (χ2n) is 5.15. The number of carbonyl (C=O) groups excluding carboxylic acids is 2. The van der Waals surface area contributed by atoms with Gasteiger partial charge in [-0.3, -0.25) is 0 Å². The van der Waals surface area contributed by atoms with Gasteiger partial charge in [0.05, 0.1) is 34.7 Å². The summed E-state index contributed by atoms with van der Waals surface area (Å²) in [6.07, 6.45) is 4.10. The maximum atomic E-state index is 11.9. The SMILES string of the molecule is COC(=O)c1ccoc1COC(=O)/C=C/c1cc(OC)c(OC)c(OC)c1. The molecule has 0 amide bonds. The Bertz CT molecular complexity index is 809. The van der Waals surface area contributed by atoms with Gasteiger partial charge in [-0.05, 0) is 29.8 Å². The van der Waals surface area contributed by atoms with E-state index in [1.807, 2.05) is 0 Å². The first-order valence-electron chi connectivity index (χ1n) is 7.83. The molecule has 0 aliphatic carbocycles. The second kappa shape index (κ2) is 9.33. The predicted octanol–water partition coefficient (Wildman–Crippen LogP) is 2.85. The van der Waals surface area contributed by atoms with Gasteiger partial charge in [0.15, 0.2) is 23.9 Å². The molecule has 8 heteroatoms. The number of furan rings is 1. The van der Waals surface area contributed by atoms with Crippen molar-refractivity contribution < 1.29 is 37.7 Å². The van der Waals surface area contributed by atoms with E-state index in [0.717, 1.165) is 0 Å². The van der Waals surface area contributed by atoms with Gasteiger partial charge in [0.25, 0.3) is 0 Å². The van der Waals surface area contributed by atoms with Crippen molar-refractivity contribution in [3.63, 3.8) is 0 Å². The second-order valence-corrected chi connectivity index (χ2v) is 5.15. The lowest BCUT2D eigenvalue weighted by Crippen LogP contribution is -2.06. The Balaban J connectivity index is 2.07. The third-order valence-electron chi connectivity index (χ3n) is 3.60. The molecule has 0 fully saturated rings. The Hall–Kier alpha value is -3.42. The minimum absolute atomic E-state index is 0.199. The van der Waals surface area contributed by atoms with E-state index in [0.29, 0.717) is 22.8 Å². The molecule has 0 unspecified atom stereocenters. The van der Waals surface area contributed by atoms with Crippen LogP contribution in [0.1, 0.15) is 21.7 Å². The Labute approximate surface area is 156 Å². The molecule has 0 atom stereocenters. The van der Waals surface area contributed by atoms with Crippen LogP contribution in [0.5, 0.6) is 17.2 Å². The molecule has 0 aliphatic heterocycles. The number of hydrogen-bond acceptors (Lipinski definition) is 8. The van der Waals surface area contributed by atoms with Crippen molar-refractivity contribution in [3.05, 3.63) is 47.4 Å². The number of ether oxygens (including phenoxy) is 5. The van der Waals surface area contributed by atoms with Gasteiger partial charge in [-0.25, -0.2) is 9.59 Å². The Morgan fingerprint density at radius 3 is 2.26 bits per heavy atom. The molecule has 2 aromatic rings. The van der Waals surface area contributed by atoms with E-state index >= 15 is 0 Å². The van der Waals surface area contributed by atoms with Crippen molar-refractivity contribution in [3.8, 4) is 17.2 Å². The van der Waals surface area contributed by atoms with E-state index in [4.69, 9.17) is 23.4 Å². The maximum absolute atomic E-state index is 11.9. The quantitative estimate of drug-likeness (QED) is 0.513. The van der Waals surface area contributed by atoms with Crippen molar-refractivity contribution >= 4 is 18.0 Å². The Kier molecular flexibility index (Phi) is 6.87. The van der Waals surface area contributed by atoms with Crippen LogP contribution in [0.2, 0.25) is 0 Å². The molecule has 0 N–H and O–H groups in total. The minimum atomic E-state index is -0.615. The lowest BCUT2D eigenvalue weighted by atomic mass is 10.1. The zero-order valence-electron chi connectivity index (χ0n) is 15.4. The number of esters is 2. The fraction of sp³-hybridized carbons (Fsp3) is 0.263. The van der Waals surface area contributed by atoms with E-state index in [-0.39, 0.29) is 17.9 Å². The first-order valence-corrected chi connectivity index (χ1v) is 7.83. The molecule has 0 spiro atoms. The Morgan fingerprint density at radius 2 is 1.70 bits per heavy atom. The molecule has 0 bridgehead atoms. The highest BCUT2D eigenvalue weighted by Gasteiger charge is 2.16. The highest BCUT2D eigenvalue weighted by molar-refractivity contribution is 5.90. The van der Waals surface area contributed by atoms with Crippen LogP contribution in [0.3, 0.4) is 0 Å². The molecular formula is C19H20O8. The third-order valence-corrected chi connectivity index (χ3v) is 3.60. The minimum Gasteiger partial charge on any atom is -0.493 e. The predicted molar refractivity (Wildman–Crippen MR) is 95.0 cm³/mol. The van der Waals surface area contributed by atoms with E-state index in [2.05, 4.69) is 4.74 Å². The van der Waals surface area contributed by atoms with Crippen LogP contribution in [0, 0.1) is 0 Å². The third kappa shape index (κ3) is 4.81. The van der Waals surface area contributed by atoms with E-state index in [1.165, 1.54) is 52.9 Å². The largest absolute Gasteiger partial charge is 0.493 e. The summed E-state index contributed by atoms with van der Waals surface area (Å²) in [5.41, 5.74) is 0.855. The summed E-state index contributed by atoms with van der Waals surface area (Å²) in [6, 6.07) is 4.82. The van der Waals surface area contributed by atoms with Gasteiger partial charge in [-0.15, -0.1) is 0 Å². The van der Waals surface area contributed by atoms with Crippen LogP contribution in [0.25, 0.3) is 6.08 Å². The number of methoxy groups -OCH3 is 4. The van der Waals surface area contributed by atoms with Crippen LogP contribution in [-0.4, -0.2) is 40.4 Å². The summed E-state index contributed by atoms with van der Waals surface area (Å²) >= 11 is 0. The van der Waals surface area contributed by atoms with Crippen LogP contribution in [0.15, 0.2) is 35.0 Å². The Morgan fingerprint density at radius 1 is 1.04 bits per heavy atom. The van der Waals surface area contributed by atoms with Gasteiger partial charge in [-0.1, -0.05) is 0 Å².